The lowest BCUT2D eigenvalue weighted by atomic mass is 10.1. The summed E-state index contributed by atoms with van der Waals surface area (Å²) < 4.78 is 10.7. The molecule has 0 unspecified atom stereocenters. The highest BCUT2D eigenvalue weighted by atomic mass is 15.0. The predicted octanol–water partition coefficient (Wildman–Crippen LogP) is 27.2. The Kier molecular flexibility index (Phi) is 27.1. The Hall–Kier alpha value is -5.92. The van der Waals surface area contributed by atoms with Crippen LogP contribution in [0.1, 0.15) is 296 Å². The average molecular weight is 1210 g/mol. The lowest BCUT2D eigenvalue weighted by Gasteiger charge is -2.09. The maximum absolute atomic E-state index is 3.77. The van der Waals surface area contributed by atoms with Gasteiger partial charge in [0.1, 0.15) is 0 Å². The maximum atomic E-state index is 3.77. The van der Waals surface area contributed by atoms with Gasteiger partial charge in [0.05, 0.1) is 0 Å². The van der Waals surface area contributed by atoms with E-state index >= 15 is 0 Å². The molecule has 10 rings (SSSR count). The van der Waals surface area contributed by atoms with E-state index in [0.29, 0.717) is 0 Å². The van der Waals surface area contributed by atoms with Crippen molar-refractivity contribution in [2.45, 2.75) is 311 Å². The number of nitrogens with zero attached hydrogens (tertiary/aromatic N) is 4. The number of unbranched alkanes of at least 4 members (excludes halogenated alkanes) is 36. The number of hydrogen-bond donors (Lipinski definition) is 0. The summed E-state index contributed by atoms with van der Waals surface area (Å²) in [6.07, 6.45) is 54.1. The van der Waals surface area contributed by atoms with Crippen molar-refractivity contribution in [1.82, 2.24) is 18.3 Å². The van der Waals surface area contributed by atoms with Crippen LogP contribution >= 0.6 is 0 Å². The molecule has 4 aromatic heterocycles. The molecule has 0 amide bonds. The summed E-state index contributed by atoms with van der Waals surface area (Å²) in [7, 11) is 0. The van der Waals surface area contributed by atoms with Crippen LogP contribution in [0.15, 0.2) is 109 Å². The summed E-state index contributed by atoms with van der Waals surface area (Å²) >= 11 is 0. The Bertz CT molecular complexity index is 3590. The number of aryl methyl sites for hydroxylation is 4. The van der Waals surface area contributed by atoms with Crippen LogP contribution in [0.2, 0.25) is 0 Å². The highest BCUT2D eigenvalue weighted by Crippen LogP contribution is 2.40. The molecule has 6 aromatic carbocycles. The highest BCUT2D eigenvalue weighted by Gasteiger charge is 2.20. The maximum Gasteiger partial charge on any atom is 0.0499 e. The molecule has 4 heterocycles. The van der Waals surface area contributed by atoms with E-state index in [1.54, 1.807) is 0 Å². The molecule has 0 aliphatic heterocycles. The molecule has 4 heteroatoms. The highest BCUT2D eigenvalue weighted by molar-refractivity contribution is 6.19. The molecule has 0 saturated heterocycles. The zero-order valence-electron chi connectivity index (χ0n) is 57.3. The van der Waals surface area contributed by atoms with Gasteiger partial charge in [-0.2, -0.15) is 0 Å². The van der Waals surface area contributed by atoms with Crippen molar-refractivity contribution in [3.05, 3.63) is 120 Å². The van der Waals surface area contributed by atoms with Gasteiger partial charge in [0.15, 0.2) is 0 Å². The number of para-hydroxylation sites is 2. The third-order valence-corrected chi connectivity index (χ3v) is 20.8. The fourth-order valence-electron chi connectivity index (χ4n) is 15.6. The van der Waals surface area contributed by atoms with Crippen LogP contribution in [-0.2, 0) is 26.2 Å². The second-order valence-corrected chi connectivity index (χ2v) is 27.9. The zero-order chi connectivity index (χ0) is 62.0. The zero-order valence-corrected chi connectivity index (χ0v) is 57.3. The SMILES string of the molecule is CCCCCCCCCCCCn1c2ccccc2c2cc3c(cc21)c1cc(C#Cc2ccc4c(c2)c2cc5c(cc2n4CCCCCCCCCCCC)c2ccccc2n5CCCCCCCCCCCC)ccc1n3CCCCCCCCCCCC. The molecule has 0 N–H and O–H groups in total. The quantitative estimate of drug-likeness (QED) is 0.0268. The first-order valence-corrected chi connectivity index (χ1v) is 38.1. The minimum atomic E-state index is 1.05. The molecule has 0 fully saturated rings. The van der Waals surface area contributed by atoms with Crippen molar-refractivity contribution in [3.8, 4) is 11.8 Å². The molecule has 0 radical (unpaired) electrons. The number of aromatic nitrogens is 4. The second kappa shape index (κ2) is 36.4. The van der Waals surface area contributed by atoms with Gasteiger partial charge in [-0.3, -0.25) is 0 Å². The van der Waals surface area contributed by atoms with Gasteiger partial charge in [-0.25, -0.2) is 0 Å². The molecular formula is C86H118N4. The van der Waals surface area contributed by atoms with Gasteiger partial charge in [-0.15, -0.1) is 0 Å². The summed E-state index contributed by atoms with van der Waals surface area (Å²) in [5.74, 6) is 7.54. The first-order valence-electron chi connectivity index (χ1n) is 38.1. The first-order chi connectivity index (χ1) is 44.6. The number of benzene rings is 6. The van der Waals surface area contributed by atoms with Gasteiger partial charge in [0.25, 0.3) is 0 Å². The first kappa shape index (κ1) is 67.0. The van der Waals surface area contributed by atoms with Gasteiger partial charge in [-0.05, 0) is 98.5 Å². The number of hydrogen-bond acceptors (Lipinski definition) is 0. The molecule has 482 valence electrons. The van der Waals surface area contributed by atoms with E-state index in [-0.39, 0.29) is 0 Å². The molecular weight excluding hydrogens is 1090 g/mol. The average Bonchev–Trinajstić information content (AvgIpc) is 1.59. The molecule has 0 bridgehead atoms. The molecule has 10 aromatic rings. The Morgan fingerprint density at radius 3 is 0.678 bits per heavy atom. The molecule has 0 saturated carbocycles. The van der Waals surface area contributed by atoms with Crippen LogP contribution in [0.5, 0.6) is 0 Å². The van der Waals surface area contributed by atoms with Gasteiger partial charge < -0.3 is 18.3 Å². The van der Waals surface area contributed by atoms with Crippen molar-refractivity contribution in [3.63, 3.8) is 0 Å². The van der Waals surface area contributed by atoms with Gasteiger partial charge in [0, 0.05) is 125 Å². The molecule has 0 spiro atoms. The van der Waals surface area contributed by atoms with Gasteiger partial charge in [0.2, 0.25) is 0 Å². The molecule has 90 heavy (non-hydrogen) atoms. The van der Waals surface area contributed by atoms with Crippen LogP contribution in [0.25, 0.3) is 87.2 Å². The second-order valence-electron chi connectivity index (χ2n) is 27.9. The van der Waals surface area contributed by atoms with Gasteiger partial charge >= 0.3 is 0 Å². The van der Waals surface area contributed by atoms with E-state index < -0.39 is 0 Å². The van der Waals surface area contributed by atoms with Crippen LogP contribution in [0, 0.1) is 11.8 Å². The summed E-state index contributed by atoms with van der Waals surface area (Å²) in [5.41, 5.74) is 13.1. The van der Waals surface area contributed by atoms with Crippen molar-refractivity contribution in [2.24, 2.45) is 0 Å². The van der Waals surface area contributed by atoms with Gasteiger partial charge in [-0.1, -0.05) is 307 Å². The fraction of sp³-hybridized carbons (Fsp3) is 0.558. The normalized spacial score (nSPS) is 12.1. The monoisotopic (exact) mass is 1210 g/mol. The Balaban J connectivity index is 0.948. The third kappa shape index (κ3) is 17.6. The molecule has 0 aliphatic rings. The molecule has 0 atom stereocenters. The Morgan fingerprint density at radius 2 is 0.411 bits per heavy atom. The Morgan fingerprint density at radius 1 is 0.200 bits per heavy atom. The van der Waals surface area contributed by atoms with E-state index in [2.05, 4.69) is 167 Å². The predicted molar refractivity (Wildman–Crippen MR) is 398 cm³/mol. The van der Waals surface area contributed by atoms with Crippen molar-refractivity contribution >= 4 is 87.2 Å². The lowest BCUT2D eigenvalue weighted by molar-refractivity contribution is 0.541. The Labute approximate surface area is 545 Å². The minimum absolute atomic E-state index is 1.05. The fourth-order valence-corrected chi connectivity index (χ4v) is 15.6. The smallest absolute Gasteiger partial charge is 0.0499 e. The van der Waals surface area contributed by atoms with Crippen molar-refractivity contribution in [1.29, 1.82) is 0 Å². The third-order valence-electron chi connectivity index (χ3n) is 20.8. The van der Waals surface area contributed by atoms with Crippen molar-refractivity contribution < 1.29 is 0 Å². The van der Waals surface area contributed by atoms with E-state index in [9.17, 15) is 0 Å². The number of rotatable bonds is 44. The summed E-state index contributed by atoms with van der Waals surface area (Å²) in [4.78, 5) is 0. The molecule has 4 nitrogen and oxygen atoms in total. The summed E-state index contributed by atoms with van der Waals surface area (Å²) in [5, 5.41) is 11.0. The number of fused-ring (bicyclic) bond motifs is 12. The van der Waals surface area contributed by atoms with Crippen LogP contribution in [0.4, 0.5) is 0 Å². The van der Waals surface area contributed by atoms with Crippen molar-refractivity contribution in [2.75, 3.05) is 0 Å². The van der Waals surface area contributed by atoms with Crippen LogP contribution in [0.3, 0.4) is 0 Å². The summed E-state index contributed by atoms with van der Waals surface area (Å²) in [6, 6.07) is 43.0. The van der Waals surface area contributed by atoms with E-state index in [0.717, 1.165) is 37.3 Å². The topological polar surface area (TPSA) is 19.7 Å². The van der Waals surface area contributed by atoms with Crippen LogP contribution < -0.4 is 0 Å². The van der Waals surface area contributed by atoms with E-state index in [1.807, 2.05) is 0 Å². The minimum Gasteiger partial charge on any atom is -0.340 e. The van der Waals surface area contributed by atoms with E-state index in [1.165, 1.54) is 344 Å². The van der Waals surface area contributed by atoms with E-state index in [4.69, 9.17) is 0 Å². The summed E-state index contributed by atoms with van der Waals surface area (Å²) in [6.45, 7) is 13.5. The molecule has 0 aliphatic carbocycles. The van der Waals surface area contributed by atoms with Crippen LogP contribution in [-0.4, -0.2) is 18.3 Å². The lowest BCUT2D eigenvalue weighted by Crippen LogP contribution is -1.99. The standard InChI is InChI=1S/C86H118N4/c1-5-9-13-17-21-25-29-33-37-45-59-87-79-51-43-41-49-71(79)75-65-85-77(67-83(75)87)73-63-69(55-57-81(73)89(85)61-47-39-35-31-27-23-19-15-11-7-3)53-54-70-56-58-82-74(64-70)78-68-84-76(66-86(78)90(82)62-48-40-36-32-28-24-20-16-12-8-4)72-50-42-44-52-80(72)88(84)60-46-38-34-30-26-22-18-14-10-6-2/h41-44,49-52,55-58,63-68H,5-40,45-48,59-62H2,1-4H3. The largest absolute Gasteiger partial charge is 0.340 e.